The number of rotatable bonds is 8. The summed E-state index contributed by atoms with van der Waals surface area (Å²) in [6.07, 6.45) is 6.90. The molecule has 0 saturated carbocycles. The SMILES string of the molecule is CSc1nc2ccc(NC(=C[N+](=O)[O-])N[C@H]3CCCCN(CC(=O)N4CCCC4)C3=O)cc2s1. The van der Waals surface area contributed by atoms with Gasteiger partial charge in [0.05, 0.1) is 21.7 Å². The molecule has 1 aromatic heterocycles. The van der Waals surface area contributed by atoms with Crippen LogP contribution >= 0.6 is 23.1 Å². The maximum Gasteiger partial charge on any atom is 0.274 e. The summed E-state index contributed by atoms with van der Waals surface area (Å²) in [5.41, 5.74) is 1.52. The first kappa shape index (κ1) is 24.3. The lowest BCUT2D eigenvalue weighted by atomic mass is 10.1. The molecule has 2 aromatic rings. The number of anilines is 1. The Morgan fingerprint density at radius 2 is 2.06 bits per heavy atom. The molecular weight excluding hydrogens is 476 g/mol. The van der Waals surface area contributed by atoms with Crippen LogP contribution in [0.15, 0.2) is 34.6 Å². The first-order chi connectivity index (χ1) is 16.4. The second-order valence-electron chi connectivity index (χ2n) is 8.36. The van der Waals surface area contributed by atoms with Crippen LogP contribution in [0.2, 0.25) is 0 Å². The van der Waals surface area contributed by atoms with Gasteiger partial charge in [-0.15, -0.1) is 11.3 Å². The van der Waals surface area contributed by atoms with E-state index in [1.165, 1.54) is 0 Å². The Bertz CT molecular complexity index is 1100. The maximum absolute atomic E-state index is 13.2. The zero-order chi connectivity index (χ0) is 24.1. The predicted molar refractivity (Wildman–Crippen MR) is 133 cm³/mol. The molecule has 1 atom stereocenters. The van der Waals surface area contributed by atoms with Crippen LogP contribution in [0.5, 0.6) is 0 Å². The molecule has 12 heteroatoms. The van der Waals surface area contributed by atoms with Crippen LogP contribution in [0.25, 0.3) is 10.2 Å². The van der Waals surface area contributed by atoms with Crippen molar-refractivity contribution in [3.8, 4) is 0 Å². The lowest BCUT2D eigenvalue weighted by Crippen LogP contribution is -2.49. The molecule has 182 valence electrons. The van der Waals surface area contributed by atoms with Crippen molar-refractivity contribution in [2.75, 3.05) is 37.8 Å². The maximum atomic E-state index is 13.2. The number of hydrogen-bond acceptors (Lipinski definition) is 9. The van der Waals surface area contributed by atoms with Crippen molar-refractivity contribution >= 4 is 50.8 Å². The van der Waals surface area contributed by atoms with Crippen molar-refractivity contribution < 1.29 is 14.5 Å². The molecule has 2 amide bonds. The lowest BCUT2D eigenvalue weighted by molar-refractivity contribution is -0.403. The third-order valence-corrected chi connectivity index (χ3v) is 7.96. The molecule has 2 aliphatic rings. The number of benzene rings is 1. The van der Waals surface area contributed by atoms with Crippen molar-refractivity contribution in [2.24, 2.45) is 0 Å². The van der Waals surface area contributed by atoms with Gasteiger partial charge >= 0.3 is 0 Å². The molecule has 0 bridgehead atoms. The van der Waals surface area contributed by atoms with Crippen molar-refractivity contribution in [2.45, 2.75) is 42.5 Å². The second kappa shape index (κ2) is 11.0. The van der Waals surface area contributed by atoms with Gasteiger partial charge in [0.15, 0.2) is 10.2 Å². The van der Waals surface area contributed by atoms with Crippen LogP contribution in [0, 0.1) is 10.1 Å². The Labute approximate surface area is 205 Å². The number of aromatic nitrogens is 1. The Balaban J connectivity index is 1.47. The van der Waals surface area contributed by atoms with E-state index in [-0.39, 0.29) is 24.2 Å². The molecular formula is C22H28N6O4S2. The monoisotopic (exact) mass is 504 g/mol. The fourth-order valence-electron chi connectivity index (χ4n) is 4.25. The summed E-state index contributed by atoms with van der Waals surface area (Å²) in [5, 5.41) is 17.4. The van der Waals surface area contributed by atoms with E-state index in [9.17, 15) is 19.7 Å². The van der Waals surface area contributed by atoms with E-state index in [4.69, 9.17) is 0 Å². The molecule has 0 unspecified atom stereocenters. The van der Waals surface area contributed by atoms with Crippen molar-refractivity contribution in [3.63, 3.8) is 0 Å². The summed E-state index contributed by atoms with van der Waals surface area (Å²) in [7, 11) is 0. The van der Waals surface area contributed by atoms with Crippen LogP contribution in [0.1, 0.15) is 32.1 Å². The number of carbonyl (C=O) groups is 2. The number of nitro groups is 1. The van der Waals surface area contributed by atoms with E-state index in [0.29, 0.717) is 18.7 Å². The minimum Gasteiger partial charge on any atom is -0.355 e. The topological polar surface area (TPSA) is 121 Å². The third-order valence-electron chi connectivity index (χ3n) is 5.95. The molecule has 1 aromatic carbocycles. The number of nitrogens with zero attached hydrogens (tertiary/aromatic N) is 4. The van der Waals surface area contributed by atoms with Gasteiger partial charge in [-0.05, 0) is 56.6 Å². The molecule has 10 nitrogen and oxygen atoms in total. The predicted octanol–water partition coefficient (Wildman–Crippen LogP) is 3.10. The number of hydrogen-bond donors (Lipinski definition) is 2. The zero-order valence-electron chi connectivity index (χ0n) is 19.0. The molecule has 2 aliphatic heterocycles. The summed E-state index contributed by atoms with van der Waals surface area (Å²) < 4.78 is 1.91. The highest BCUT2D eigenvalue weighted by molar-refractivity contribution is 8.00. The van der Waals surface area contributed by atoms with Crippen LogP contribution in [-0.2, 0) is 9.59 Å². The molecule has 4 rings (SSSR count). The van der Waals surface area contributed by atoms with Gasteiger partial charge in [0.2, 0.25) is 11.8 Å². The number of likely N-dealkylation sites (tertiary alicyclic amines) is 2. The van der Waals surface area contributed by atoms with Gasteiger partial charge in [-0.25, -0.2) is 4.98 Å². The average molecular weight is 505 g/mol. The van der Waals surface area contributed by atoms with Crippen LogP contribution in [0.4, 0.5) is 5.69 Å². The van der Waals surface area contributed by atoms with Gasteiger partial charge in [0, 0.05) is 25.3 Å². The molecule has 0 aliphatic carbocycles. The van der Waals surface area contributed by atoms with Gasteiger partial charge in [0.1, 0.15) is 6.04 Å². The van der Waals surface area contributed by atoms with Crippen LogP contribution in [-0.4, -0.2) is 70.0 Å². The highest BCUT2D eigenvalue weighted by Gasteiger charge is 2.31. The summed E-state index contributed by atoms with van der Waals surface area (Å²) >= 11 is 3.11. The largest absolute Gasteiger partial charge is 0.355 e. The Morgan fingerprint density at radius 3 is 2.79 bits per heavy atom. The van der Waals surface area contributed by atoms with E-state index in [2.05, 4.69) is 15.6 Å². The fraction of sp³-hybridized carbons (Fsp3) is 0.500. The molecule has 34 heavy (non-hydrogen) atoms. The van der Waals surface area contributed by atoms with E-state index in [1.807, 2.05) is 18.4 Å². The normalized spacial score (nSPS) is 19.4. The van der Waals surface area contributed by atoms with E-state index in [0.717, 1.165) is 59.5 Å². The lowest BCUT2D eigenvalue weighted by Gasteiger charge is -2.27. The third kappa shape index (κ3) is 5.98. The summed E-state index contributed by atoms with van der Waals surface area (Å²) in [5.74, 6) is -0.109. The number of thioether (sulfide) groups is 1. The van der Waals surface area contributed by atoms with Crippen molar-refractivity contribution in [3.05, 3.63) is 40.3 Å². The zero-order valence-corrected chi connectivity index (χ0v) is 20.6. The molecule has 0 radical (unpaired) electrons. The van der Waals surface area contributed by atoms with Gasteiger partial charge < -0.3 is 20.4 Å². The van der Waals surface area contributed by atoms with Gasteiger partial charge in [-0.2, -0.15) is 0 Å². The molecule has 2 N–H and O–H groups in total. The molecule has 2 saturated heterocycles. The highest BCUT2D eigenvalue weighted by Crippen LogP contribution is 2.30. The smallest absolute Gasteiger partial charge is 0.274 e. The van der Waals surface area contributed by atoms with Crippen LogP contribution in [0.3, 0.4) is 0 Å². The van der Waals surface area contributed by atoms with Crippen molar-refractivity contribution in [1.82, 2.24) is 20.1 Å². The number of carbonyl (C=O) groups excluding carboxylic acids is 2. The Kier molecular flexibility index (Phi) is 7.88. The fourth-order valence-corrected chi connectivity index (χ4v) is 5.78. The molecule has 3 heterocycles. The first-order valence-corrected chi connectivity index (χ1v) is 13.4. The standard InChI is InChI=1S/C22H28N6O4S2/c1-33-22-25-16-8-7-15(12-18(16)34-22)23-19(13-28(31)32)24-17-6-2-3-11-27(21(17)30)14-20(29)26-9-4-5-10-26/h7-8,12-13,17,23-24H,2-6,9-11,14H2,1H3/t17-/m0/s1. The number of amides is 2. The minimum absolute atomic E-state index is 0.0341. The minimum atomic E-state index is -0.650. The number of thiazole rings is 1. The Hall–Kier alpha value is -2.86. The summed E-state index contributed by atoms with van der Waals surface area (Å²) in [4.78, 5) is 44.5. The highest BCUT2D eigenvalue weighted by atomic mass is 32.2. The number of nitrogens with one attached hydrogen (secondary N) is 2. The quantitative estimate of drug-likeness (QED) is 0.320. The van der Waals surface area contributed by atoms with E-state index >= 15 is 0 Å². The molecule has 0 spiro atoms. The van der Waals surface area contributed by atoms with Crippen LogP contribution < -0.4 is 10.6 Å². The second-order valence-corrected chi connectivity index (χ2v) is 10.4. The Morgan fingerprint density at radius 1 is 1.29 bits per heavy atom. The average Bonchev–Trinajstić information content (AvgIpc) is 3.45. The van der Waals surface area contributed by atoms with Crippen molar-refractivity contribution in [1.29, 1.82) is 0 Å². The summed E-state index contributed by atoms with van der Waals surface area (Å²) in [6, 6.07) is 4.90. The van der Waals surface area contributed by atoms with Gasteiger partial charge in [0.25, 0.3) is 6.20 Å². The molecule has 2 fully saturated rings. The first-order valence-electron chi connectivity index (χ1n) is 11.3. The number of fused-ring (bicyclic) bond motifs is 1. The van der Waals surface area contributed by atoms with Gasteiger partial charge in [-0.1, -0.05) is 11.8 Å². The van der Waals surface area contributed by atoms with E-state index < -0.39 is 11.0 Å². The van der Waals surface area contributed by atoms with Gasteiger partial charge in [-0.3, -0.25) is 19.7 Å². The van der Waals surface area contributed by atoms with E-state index in [1.54, 1.807) is 39.0 Å². The summed E-state index contributed by atoms with van der Waals surface area (Å²) in [6.45, 7) is 2.05.